The quantitative estimate of drug-likeness (QED) is 0.625. The van der Waals surface area contributed by atoms with Gasteiger partial charge in [0, 0.05) is 6.08 Å². The molecule has 0 amide bonds. The van der Waals surface area contributed by atoms with Crippen LogP contribution in [0.5, 0.6) is 5.75 Å². The zero-order chi connectivity index (χ0) is 18.5. The lowest BCUT2D eigenvalue weighted by Crippen LogP contribution is -2.20. The molecule has 0 saturated heterocycles. The normalized spacial score (nSPS) is 12.3. The van der Waals surface area contributed by atoms with Crippen molar-refractivity contribution in [3.05, 3.63) is 73.5 Å². The Morgan fingerprint density at radius 2 is 2.00 bits per heavy atom. The highest BCUT2D eigenvalue weighted by Crippen LogP contribution is 2.12. The smallest absolute Gasteiger partial charge is 0.341 e. The van der Waals surface area contributed by atoms with Crippen LogP contribution in [0, 0.1) is 0 Å². The van der Waals surface area contributed by atoms with Crippen molar-refractivity contribution in [1.29, 1.82) is 0 Å². The third-order valence-corrected chi connectivity index (χ3v) is 4.21. The van der Waals surface area contributed by atoms with Gasteiger partial charge in [-0.15, -0.1) is 11.3 Å². The number of carbonyl (C=O) groups excluding carboxylic acids is 1. The van der Waals surface area contributed by atoms with Crippen LogP contribution in [0.25, 0.3) is 12.2 Å². The molecule has 0 bridgehead atoms. The van der Waals surface area contributed by atoms with Crippen LogP contribution in [0.15, 0.2) is 51.9 Å². The lowest BCUT2D eigenvalue weighted by molar-refractivity contribution is -0.139. The molecule has 2 N–H and O–H groups in total. The Morgan fingerprint density at radius 1 is 1.23 bits per heavy atom. The molecule has 0 unspecified atom stereocenters. The van der Waals surface area contributed by atoms with Crippen molar-refractivity contribution in [1.82, 2.24) is 4.98 Å². The zero-order valence-corrected chi connectivity index (χ0v) is 14.1. The molecule has 0 fully saturated rings. The second-order valence-electron chi connectivity index (χ2n) is 5.17. The first kappa shape index (κ1) is 17.4. The molecule has 0 aliphatic heterocycles. The molecule has 26 heavy (non-hydrogen) atoms. The van der Waals surface area contributed by atoms with Gasteiger partial charge >= 0.3 is 5.97 Å². The van der Waals surface area contributed by atoms with E-state index in [9.17, 15) is 14.4 Å². The number of hydrogen-bond donors (Lipinski definition) is 2. The van der Waals surface area contributed by atoms with Crippen LogP contribution in [-0.2, 0) is 4.79 Å². The highest BCUT2D eigenvalue weighted by Gasteiger charge is 2.05. The predicted octanol–water partition coefficient (Wildman–Crippen LogP) is 0.985. The average molecular weight is 371 g/mol. The first-order chi connectivity index (χ1) is 12.5. The van der Waals surface area contributed by atoms with E-state index in [0.29, 0.717) is 14.9 Å². The van der Waals surface area contributed by atoms with Gasteiger partial charge < -0.3 is 19.2 Å². The molecular weight excluding hydrogens is 358 g/mol. The van der Waals surface area contributed by atoms with Gasteiger partial charge in [0.05, 0.1) is 15.5 Å². The van der Waals surface area contributed by atoms with Crippen molar-refractivity contribution in [3.63, 3.8) is 0 Å². The monoisotopic (exact) mass is 371 g/mol. The number of H-pyrrole nitrogens is 1. The molecule has 0 radical (unpaired) electrons. The number of benzene rings is 1. The summed E-state index contributed by atoms with van der Waals surface area (Å²) in [5.41, 5.74) is 0.434. The number of carbonyl (C=O) groups is 2. The fourth-order valence-corrected chi connectivity index (χ4v) is 2.98. The molecule has 1 aromatic carbocycles. The van der Waals surface area contributed by atoms with E-state index in [0.717, 1.165) is 16.9 Å². The molecule has 7 nitrogen and oxygen atoms in total. The van der Waals surface area contributed by atoms with Crippen molar-refractivity contribution in [2.75, 3.05) is 6.61 Å². The molecule has 0 atom stereocenters. The summed E-state index contributed by atoms with van der Waals surface area (Å²) in [6, 6.07) is 9.79. The number of aromatic nitrogens is 1. The van der Waals surface area contributed by atoms with Crippen molar-refractivity contribution < 1.29 is 23.8 Å². The maximum absolute atomic E-state index is 12.0. The van der Waals surface area contributed by atoms with Gasteiger partial charge in [0.15, 0.2) is 12.4 Å². The minimum absolute atomic E-state index is 0.196. The number of hydrogen-bond acceptors (Lipinski definition) is 6. The third-order valence-electron chi connectivity index (χ3n) is 3.25. The largest absolute Gasteiger partial charge is 0.482 e. The van der Waals surface area contributed by atoms with Gasteiger partial charge in [-0.2, -0.15) is 0 Å². The Kier molecular flexibility index (Phi) is 5.14. The van der Waals surface area contributed by atoms with Crippen molar-refractivity contribution in [3.8, 4) is 5.75 Å². The van der Waals surface area contributed by atoms with E-state index < -0.39 is 12.6 Å². The van der Waals surface area contributed by atoms with Gasteiger partial charge in [-0.1, -0.05) is 12.1 Å². The topological polar surface area (TPSA) is 110 Å². The van der Waals surface area contributed by atoms with Gasteiger partial charge in [0.25, 0.3) is 5.56 Å². The SMILES string of the molecule is O=C(O)COc1ccc(/C=c2/s/c(=C\C(=O)c3ccco3)[nH]c2=O)cc1. The lowest BCUT2D eigenvalue weighted by Gasteiger charge is -2.02. The maximum Gasteiger partial charge on any atom is 0.341 e. The fourth-order valence-electron chi connectivity index (χ4n) is 2.09. The molecule has 3 aromatic rings. The summed E-state index contributed by atoms with van der Waals surface area (Å²) in [5.74, 6) is -0.776. The summed E-state index contributed by atoms with van der Waals surface area (Å²) in [6.45, 7) is -0.420. The number of aromatic amines is 1. The Balaban J connectivity index is 1.83. The minimum Gasteiger partial charge on any atom is -0.482 e. The van der Waals surface area contributed by atoms with Gasteiger partial charge in [0.2, 0.25) is 5.78 Å². The van der Waals surface area contributed by atoms with E-state index in [1.807, 2.05) is 0 Å². The van der Waals surface area contributed by atoms with E-state index in [1.54, 1.807) is 42.5 Å². The highest BCUT2D eigenvalue weighted by atomic mass is 32.1. The second kappa shape index (κ2) is 7.66. The molecule has 0 aliphatic carbocycles. The van der Waals surface area contributed by atoms with E-state index in [1.165, 1.54) is 12.3 Å². The summed E-state index contributed by atoms with van der Waals surface area (Å²) in [4.78, 5) is 37.1. The van der Waals surface area contributed by atoms with E-state index >= 15 is 0 Å². The first-order valence-electron chi connectivity index (χ1n) is 7.46. The average Bonchev–Trinajstić information content (AvgIpc) is 3.25. The van der Waals surface area contributed by atoms with Crippen molar-refractivity contribution in [2.24, 2.45) is 0 Å². The van der Waals surface area contributed by atoms with Crippen molar-refractivity contribution in [2.45, 2.75) is 0 Å². The second-order valence-corrected chi connectivity index (χ2v) is 6.25. The molecule has 132 valence electrons. The predicted molar refractivity (Wildman–Crippen MR) is 94.8 cm³/mol. The van der Waals surface area contributed by atoms with Gasteiger partial charge in [-0.05, 0) is 35.9 Å². The zero-order valence-electron chi connectivity index (χ0n) is 13.3. The van der Waals surface area contributed by atoms with Crippen LogP contribution in [0.2, 0.25) is 0 Å². The van der Waals surface area contributed by atoms with Gasteiger partial charge in [-0.3, -0.25) is 9.59 Å². The summed E-state index contributed by atoms with van der Waals surface area (Å²) in [7, 11) is 0. The molecule has 2 aromatic heterocycles. The molecule has 0 spiro atoms. The van der Waals surface area contributed by atoms with Crippen LogP contribution in [0.3, 0.4) is 0 Å². The molecule has 8 heteroatoms. The number of furan rings is 1. The Hall–Kier alpha value is -3.39. The van der Waals surface area contributed by atoms with Crippen LogP contribution < -0.4 is 19.5 Å². The summed E-state index contributed by atoms with van der Waals surface area (Å²) in [6.07, 6.45) is 4.38. The van der Waals surface area contributed by atoms with Crippen LogP contribution >= 0.6 is 11.3 Å². The number of thiazole rings is 1. The summed E-state index contributed by atoms with van der Waals surface area (Å²) in [5, 5.41) is 8.58. The molecular formula is C18H13NO6S. The number of nitrogens with one attached hydrogen (secondary N) is 1. The maximum atomic E-state index is 12.0. The summed E-state index contributed by atoms with van der Waals surface area (Å²) >= 11 is 1.15. The molecule has 0 saturated carbocycles. The number of Topliss-reactive ketones (excluding diaryl/α,β-unsaturated/α-hetero) is 1. The highest BCUT2D eigenvalue weighted by molar-refractivity contribution is 7.07. The first-order valence-corrected chi connectivity index (χ1v) is 8.28. The van der Waals surface area contributed by atoms with Crippen LogP contribution in [-0.4, -0.2) is 28.4 Å². The Morgan fingerprint density at radius 3 is 2.65 bits per heavy atom. The Bertz CT molecular complexity index is 1090. The van der Waals surface area contributed by atoms with Crippen LogP contribution in [0.1, 0.15) is 16.1 Å². The third kappa shape index (κ3) is 4.37. The standard InChI is InChI=1S/C18H13NO6S/c20-13(14-2-1-7-24-14)9-16-19-18(23)15(26-16)8-11-3-5-12(6-4-11)25-10-17(21)22/h1-9H,10H2,(H,19,23)(H,21,22)/b15-8+,16-9-. The number of rotatable bonds is 6. The fraction of sp³-hybridized carbons (Fsp3) is 0.0556. The number of ketones is 1. The molecule has 3 rings (SSSR count). The number of ether oxygens (including phenoxy) is 1. The molecule has 0 aliphatic rings. The van der Waals surface area contributed by atoms with E-state index in [-0.39, 0.29) is 17.1 Å². The van der Waals surface area contributed by atoms with Gasteiger partial charge in [-0.25, -0.2) is 4.79 Å². The summed E-state index contributed by atoms with van der Waals surface area (Å²) < 4.78 is 10.9. The van der Waals surface area contributed by atoms with Crippen LogP contribution in [0.4, 0.5) is 0 Å². The van der Waals surface area contributed by atoms with E-state index in [2.05, 4.69) is 4.98 Å². The minimum atomic E-state index is -1.06. The lowest BCUT2D eigenvalue weighted by atomic mass is 10.2. The van der Waals surface area contributed by atoms with Gasteiger partial charge in [0.1, 0.15) is 5.75 Å². The number of aliphatic carboxylic acids is 1. The number of carboxylic acid groups (broad SMARTS) is 1. The van der Waals surface area contributed by atoms with Crippen molar-refractivity contribution >= 4 is 35.2 Å². The molecule has 2 heterocycles. The number of carboxylic acids is 1. The Labute approximate surface area is 150 Å². The van der Waals surface area contributed by atoms with E-state index in [4.69, 9.17) is 14.3 Å².